The standard InChI is InChI=1S/2C6H15NO3.2C3H7O.2Ti/c2*8-4-1-7(2-5-9)3-6-10;2*1-3(2)4;;/h2*8-10H,1-6H2;2*3H,1-2H3;;/q;;2*-1;2*+4. The van der Waals surface area contributed by atoms with E-state index in [4.69, 9.17) is 30.6 Å². The van der Waals surface area contributed by atoms with Gasteiger partial charge < -0.3 is 40.9 Å². The summed E-state index contributed by atoms with van der Waals surface area (Å²) in [6.07, 6.45) is -0.833. The van der Waals surface area contributed by atoms with Gasteiger partial charge in [0.25, 0.3) is 0 Å². The van der Waals surface area contributed by atoms with Crippen molar-refractivity contribution < 1.29 is 84.3 Å². The molecule has 0 heterocycles. The molecule has 0 aromatic rings. The third-order valence-electron chi connectivity index (χ3n) is 2.50. The molecule has 12 heteroatoms. The van der Waals surface area contributed by atoms with Crippen molar-refractivity contribution in [1.82, 2.24) is 9.80 Å². The molecule has 0 aliphatic heterocycles. The van der Waals surface area contributed by atoms with Crippen molar-refractivity contribution >= 4 is 0 Å². The van der Waals surface area contributed by atoms with Crippen LogP contribution in [0.5, 0.6) is 0 Å². The molecule has 0 saturated carbocycles. The summed E-state index contributed by atoms with van der Waals surface area (Å²) in [5.74, 6) is 0. The fourth-order valence-corrected chi connectivity index (χ4v) is 1.52. The van der Waals surface area contributed by atoms with E-state index in [1.807, 2.05) is 0 Å². The Kier molecular flexibility index (Phi) is 60.1. The van der Waals surface area contributed by atoms with Gasteiger partial charge >= 0.3 is 43.4 Å². The average molecular weight is 512 g/mol. The molecule has 0 aliphatic rings. The van der Waals surface area contributed by atoms with Gasteiger partial charge in [-0.2, -0.15) is 0 Å². The third-order valence-corrected chi connectivity index (χ3v) is 2.50. The Hall–Kier alpha value is 1.03. The fourth-order valence-electron chi connectivity index (χ4n) is 1.52. The predicted molar refractivity (Wildman–Crippen MR) is 106 cm³/mol. The average Bonchev–Trinajstić information content (AvgIpc) is 2.56. The van der Waals surface area contributed by atoms with E-state index in [-0.39, 0.29) is 83.1 Å². The van der Waals surface area contributed by atoms with E-state index in [2.05, 4.69) is 0 Å². The van der Waals surface area contributed by atoms with Gasteiger partial charge in [0.05, 0.1) is 39.6 Å². The topological polar surface area (TPSA) is 174 Å². The summed E-state index contributed by atoms with van der Waals surface area (Å²) in [4.78, 5) is 3.58. The maximum Gasteiger partial charge on any atom is 4.00 e. The van der Waals surface area contributed by atoms with Gasteiger partial charge in [0.1, 0.15) is 0 Å². The van der Waals surface area contributed by atoms with E-state index in [9.17, 15) is 10.2 Å². The van der Waals surface area contributed by atoms with Crippen LogP contribution in [0.25, 0.3) is 0 Å². The molecule has 0 fully saturated rings. The van der Waals surface area contributed by atoms with E-state index in [1.54, 1.807) is 37.5 Å². The molecule has 0 aromatic carbocycles. The molecule has 0 saturated heterocycles. The van der Waals surface area contributed by atoms with E-state index in [0.29, 0.717) is 39.3 Å². The first kappa shape index (κ1) is 44.7. The first-order chi connectivity index (χ1) is 13.2. The Labute approximate surface area is 212 Å². The second-order valence-electron chi connectivity index (χ2n) is 6.12. The summed E-state index contributed by atoms with van der Waals surface area (Å²) in [5, 5.41) is 70.0. The summed E-state index contributed by atoms with van der Waals surface area (Å²) in [6, 6.07) is 0. The third kappa shape index (κ3) is 63.0. The molecule has 0 spiro atoms. The molecule has 0 unspecified atom stereocenters. The minimum atomic E-state index is -0.417. The molecule has 0 bridgehead atoms. The van der Waals surface area contributed by atoms with Crippen molar-refractivity contribution in [1.29, 1.82) is 0 Å². The molecule has 0 aliphatic carbocycles. The second-order valence-corrected chi connectivity index (χ2v) is 6.12. The number of aliphatic hydroxyl groups excluding tert-OH is 6. The molecule has 10 nitrogen and oxygen atoms in total. The van der Waals surface area contributed by atoms with Crippen LogP contribution in [-0.2, 0) is 43.4 Å². The van der Waals surface area contributed by atoms with E-state index in [0.717, 1.165) is 0 Å². The summed E-state index contributed by atoms with van der Waals surface area (Å²) in [7, 11) is 0. The van der Waals surface area contributed by atoms with Crippen LogP contribution in [0.15, 0.2) is 0 Å². The first-order valence-electron chi connectivity index (χ1n) is 9.58. The molecule has 0 amide bonds. The van der Waals surface area contributed by atoms with Crippen LogP contribution in [0.2, 0.25) is 0 Å². The Balaban J connectivity index is -0.0000000678. The summed E-state index contributed by atoms with van der Waals surface area (Å²) < 4.78 is 0. The maximum atomic E-state index is 9.53. The predicted octanol–water partition coefficient (Wildman–Crippen LogP) is -3.96. The minimum Gasteiger partial charge on any atom is -0.852 e. The largest absolute Gasteiger partial charge is 4.00 e. The molecule has 6 N–H and O–H groups in total. The summed E-state index contributed by atoms with van der Waals surface area (Å²) in [5.41, 5.74) is 0. The molecule has 176 valence electrons. The van der Waals surface area contributed by atoms with E-state index < -0.39 is 12.2 Å². The van der Waals surface area contributed by atoms with Crippen LogP contribution in [0, 0.1) is 0 Å². The molecular weight excluding hydrogens is 468 g/mol. The van der Waals surface area contributed by atoms with Crippen LogP contribution in [0.4, 0.5) is 0 Å². The molecule has 0 radical (unpaired) electrons. The smallest absolute Gasteiger partial charge is 0.852 e. The van der Waals surface area contributed by atoms with Gasteiger partial charge in [-0.25, -0.2) is 0 Å². The van der Waals surface area contributed by atoms with Crippen molar-refractivity contribution in [3.05, 3.63) is 0 Å². The van der Waals surface area contributed by atoms with Crippen LogP contribution < -0.4 is 10.2 Å². The monoisotopic (exact) mass is 512 g/mol. The van der Waals surface area contributed by atoms with Crippen LogP contribution in [0.3, 0.4) is 0 Å². The number of hydrogen-bond acceptors (Lipinski definition) is 10. The Bertz CT molecular complexity index is 202. The van der Waals surface area contributed by atoms with Gasteiger partial charge in [0, 0.05) is 39.3 Å². The van der Waals surface area contributed by atoms with Crippen molar-refractivity contribution in [2.75, 3.05) is 78.9 Å². The number of aliphatic hydroxyl groups is 6. The Morgan fingerprint density at radius 3 is 0.633 bits per heavy atom. The minimum absolute atomic E-state index is 0. The number of nitrogens with zero attached hydrogens (tertiary/aromatic N) is 2. The van der Waals surface area contributed by atoms with Gasteiger partial charge in [0.15, 0.2) is 0 Å². The zero-order valence-electron chi connectivity index (χ0n) is 19.0. The Morgan fingerprint density at radius 1 is 0.467 bits per heavy atom. The fraction of sp³-hybridized carbons (Fsp3) is 1.00. The molecule has 0 aromatic heterocycles. The van der Waals surface area contributed by atoms with Crippen LogP contribution in [-0.4, -0.2) is 132 Å². The summed E-state index contributed by atoms with van der Waals surface area (Å²) in [6.45, 7) is 9.95. The maximum absolute atomic E-state index is 9.53. The molecule has 30 heavy (non-hydrogen) atoms. The molecule has 0 rings (SSSR count). The van der Waals surface area contributed by atoms with Gasteiger partial charge in [-0.05, 0) is 0 Å². The van der Waals surface area contributed by atoms with Crippen LogP contribution >= 0.6 is 0 Å². The van der Waals surface area contributed by atoms with E-state index >= 15 is 0 Å². The number of rotatable bonds is 12. The SMILES string of the molecule is CC(C)[O-].CC(C)[O-].OCCN(CCO)CCO.OCCN(CCO)CCO.[Ti+4].[Ti+4]. The quantitative estimate of drug-likeness (QED) is 0.142. The first-order valence-corrected chi connectivity index (χ1v) is 9.58. The van der Waals surface area contributed by atoms with E-state index in [1.165, 1.54) is 0 Å². The molecule has 0 atom stereocenters. The summed E-state index contributed by atoms with van der Waals surface area (Å²) >= 11 is 0. The van der Waals surface area contributed by atoms with Crippen molar-refractivity contribution in [2.45, 2.75) is 39.9 Å². The molecular formula is C18H44N2O8Ti2+6. The van der Waals surface area contributed by atoms with Crippen LogP contribution in [0.1, 0.15) is 27.7 Å². The zero-order chi connectivity index (χ0) is 22.8. The second kappa shape index (κ2) is 40.4. The van der Waals surface area contributed by atoms with Gasteiger partial charge in [-0.1, -0.05) is 27.7 Å². The number of hydrogen-bond donors (Lipinski definition) is 6. The Morgan fingerprint density at radius 2 is 0.567 bits per heavy atom. The van der Waals surface area contributed by atoms with Gasteiger partial charge in [-0.15, -0.1) is 12.2 Å². The zero-order valence-corrected chi connectivity index (χ0v) is 22.2. The van der Waals surface area contributed by atoms with Gasteiger partial charge in [-0.3, -0.25) is 9.80 Å². The van der Waals surface area contributed by atoms with Crippen molar-refractivity contribution in [3.8, 4) is 0 Å². The normalized spacial score (nSPS) is 9.60. The van der Waals surface area contributed by atoms with Crippen molar-refractivity contribution in [2.24, 2.45) is 0 Å². The van der Waals surface area contributed by atoms with Crippen molar-refractivity contribution in [3.63, 3.8) is 0 Å². The van der Waals surface area contributed by atoms with Gasteiger partial charge in [0.2, 0.25) is 0 Å².